The standard InChI is InChI=1S/C24H21Br3N6/c25-19-4-1-13(7-16(19)10-28)22-31-23(14-2-5-20(26)17(8-14)11-29)33-24(32-22)15-3-6-21(27)18(9-15)12-30/h1-9H,10-12,28-30H2. The second kappa shape index (κ2) is 10.5. The smallest absolute Gasteiger partial charge is 0.164 e. The molecule has 168 valence electrons. The van der Waals surface area contributed by atoms with Gasteiger partial charge in [-0.25, -0.2) is 15.0 Å². The highest BCUT2D eigenvalue weighted by Gasteiger charge is 2.15. The van der Waals surface area contributed by atoms with Gasteiger partial charge in [-0.05, 0) is 53.1 Å². The van der Waals surface area contributed by atoms with E-state index in [9.17, 15) is 0 Å². The summed E-state index contributed by atoms with van der Waals surface area (Å²) in [6, 6.07) is 17.7. The molecule has 0 amide bonds. The van der Waals surface area contributed by atoms with Gasteiger partial charge in [-0.3, -0.25) is 0 Å². The van der Waals surface area contributed by atoms with Crippen molar-refractivity contribution in [2.45, 2.75) is 19.6 Å². The number of aromatic nitrogens is 3. The Hall–Kier alpha value is -2.01. The van der Waals surface area contributed by atoms with Crippen molar-refractivity contribution in [1.82, 2.24) is 15.0 Å². The van der Waals surface area contributed by atoms with E-state index in [4.69, 9.17) is 32.2 Å². The van der Waals surface area contributed by atoms with Crippen LogP contribution in [0, 0.1) is 0 Å². The van der Waals surface area contributed by atoms with E-state index >= 15 is 0 Å². The maximum absolute atomic E-state index is 5.92. The molecule has 0 fully saturated rings. The third kappa shape index (κ3) is 5.24. The highest BCUT2D eigenvalue weighted by Crippen LogP contribution is 2.30. The van der Waals surface area contributed by atoms with E-state index in [0.717, 1.165) is 46.8 Å². The number of rotatable bonds is 6. The largest absolute Gasteiger partial charge is 0.326 e. The van der Waals surface area contributed by atoms with Crippen molar-refractivity contribution < 1.29 is 0 Å². The zero-order valence-corrected chi connectivity index (χ0v) is 22.3. The molecule has 4 aromatic rings. The second-order valence-electron chi connectivity index (χ2n) is 7.34. The van der Waals surface area contributed by atoms with E-state index < -0.39 is 0 Å². The predicted molar refractivity (Wildman–Crippen MR) is 143 cm³/mol. The Morgan fingerprint density at radius 2 is 0.758 bits per heavy atom. The topological polar surface area (TPSA) is 117 Å². The molecule has 0 saturated heterocycles. The molecule has 0 saturated carbocycles. The Morgan fingerprint density at radius 3 is 1.00 bits per heavy atom. The van der Waals surface area contributed by atoms with Gasteiger partial charge in [0.1, 0.15) is 0 Å². The molecule has 6 nitrogen and oxygen atoms in total. The van der Waals surface area contributed by atoms with Gasteiger partial charge in [-0.1, -0.05) is 66.0 Å². The predicted octanol–water partition coefficient (Wildman–Crippen LogP) is 5.54. The van der Waals surface area contributed by atoms with Crippen LogP contribution in [0.3, 0.4) is 0 Å². The van der Waals surface area contributed by atoms with Crippen LogP contribution in [0.5, 0.6) is 0 Å². The molecule has 0 atom stereocenters. The summed E-state index contributed by atoms with van der Waals surface area (Å²) >= 11 is 10.6. The lowest BCUT2D eigenvalue weighted by Crippen LogP contribution is -2.04. The van der Waals surface area contributed by atoms with Crippen LogP contribution in [0.25, 0.3) is 34.2 Å². The minimum Gasteiger partial charge on any atom is -0.326 e. The van der Waals surface area contributed by atoms with E-state index in [2.05, 4.69) is 47.8 Å². The lowest BCUT2D eigenvalue weighted by Gasteiger charge is -2.12. The van der Waals surface area contributed by atoms with Crippen molar-refractivity contribution in [2.24, 2.45) is 17.2 Å². The number of hydrogen-bond donors (Lipinski definition) is 3. The summed E-state index contributed by atoms with van der Waals surface area (Å²) in [5.41, 5.74) is 23.2. The maximum atomic E-state index is 5.92. The molecular formula is C24H21Br3N6. The van der Waals surface area contributed by atoms with Crippen molar-refractivity contribution >= 4 is 47.8 Å². The molecule has 4 rings (SSSR count). The zero-order valence-electron chi connectivity index (χ0n) is 17.5. The number of nitrogens with two attached hydrogens (primary N) is 3. The third-order valence-corrected chi connectivity index (χ3v) is 7.53. The van der Waals surface area contributed by atoms with Crippen LogP contribution in [0.4, 0.5) is 0 Å². The van der Waals surface area contributed by atoms with Crippen molar-refractivity contribution in [2.75, 3.05) is 0 Å². The lowest BCUT2D eigenvalue weighted by atomic mass is 10.1. The molecule has 0 aliphatic heterocycles. The molecule has 6 N–H and O–H groups in total. The molecule has 0 aliphatic rings. The number of nitrogens with zero attached hydrogens (tertiary/aromatic N) is 3. The lowest BCUT2D eigenvalue weighted by molar-refractivity contribution is 1.04. The average Bonchev–Trinajstić information content (AvgIpc) is 2.84. The fourth-order valence-electron chi connectivity index (χ4n) is 3.37. The molecular weight excluding hydrogens is 612 g/mol. The first-order chi connectivity index (χ1) is 15.9. The first-order valence-corrected chi connectivity index (χ1v) is 12.5. The van der Waals surface area contributed by atoms with Gasteiger partial charge in [0.2, 0.25) is 0 Å². The fourth-order valence-corrected chi connectivity index (χ4v) is 4.60. The summed E-state index contributed by atoms with van der Waals surface area (Å²) in [5.74, 6) is 1.69. The van der Waals surface area contributed by atoms with Crippen LogP contribution in [0.1, 0.15) is 16.7 Å². The molecule has 0 spiro atoms. The van der Waals surface area contributed by atoms with Gasteiger partial charge in [0.15, 0.2) is 17.5 Å². The number of hydrogen-bond acceptors (Lipinski definition) is 6. The molecule has 33 heavy (non-hydrogen) atoms. The Morgan fingerprint density at radius 1 is 0.485 bits per heavy atom. The van der Waals surface area contributed by atoms with Gasteiger partial charge in [-0.15, -0.1) is 0 Å². The highest BCUT2D eigenvalue weighted by atomic mass is 79.9. The minimum absolute atomic E-state index is 0.401. The van der Waals surface area contributed by atoms with Crippen LogP contribution < -0.4 is 17.2 Å². The fraction of sp³-hybridized carbons (Fsp3) is 0.125. The molecule has 1 heterocycles. The third-order valence-electron chi connectivity index (χ3n) is 5.21. The molecule has 0 bridgehead atoms. The van der Waals surface area contributed by atoms with Gasteiger partial charge in [0.25, 0.3) is 0 Å². The molecule has 1 aromatic heterocycles. The maximum Gasteiger partial charge on any atom is 0.164 e. The zero-order chi connectivity index (χ0) is 23.5. The van der Waals surface area contributed by atoms with Crippen molar-refractivity contribution in [3.8, 4) is 34.2 Å². The van der Waals surface area contributed by atoms with Gasteiger partial charge in [0.05, 0.1) is 0 Å². The summed E-state index contributed by atoms with van der Waals surface area (Å²) in [7, 11) is 0. The highest BCUT2D eigenvalue weighted by molar-refractivity contribution is 9.11. The van der Waals surface area contributed by atoms with E-state index in [1.807, 2.05) is 54.6 Å². The van der Waals surface area contributed by atoms with Crippen LogP contribution >= 0.6 is 47.8 Å². The minimum atomic E-state index is 0.401. The number of benzene rings is 3. The average molecular weight is 633 g/mol. The Labute approximate surface area is 217 Å². The Kier molecular flexibility index (Phi) is 7.68. The van der Waals surface area contributed by atoms with Crippen LogP contribution in [-0.2, 0) is 19.6 Å². The van der Waals surface area contributed by atoms with E-state index in [1.165, 1.54) is 0 Å². The summed E-state index contributed by atoms with van der Waals surface area (Å²) in [6.45, 7) is 1.20. The molecule has 3 aromatic carbocycles. The quantitative estimate of drug-likeness (QED) is 0.257. The van der Waals surface area contributed by atoms with Crippen molar-refractivity contribution in [3.05, 3.63) is 84.7 Å². The Balaban J connectivity index is 1.94. The monoisotopic (exact) mass is 630 g/mol. The van der Waals surface area contributed by atoms with E-state index in [0.29, 0.717) is 37.1 Å². The SMILES string of the molecule is NCc1cc(-c2nc(-c3ccc(Br)c(CN)c3)nc(-c3ccc(Br)c(CN)c3)n2)ccc1Br. The van der Waals surface area contributed by atoms with Gasteiger partial charge in [-0.2, -0.15) is 0 Å². The molecule has 0 unspecified atom stereocenters. The first kappa shape index (κ1) is 24.1. The van der Waals surface area contributed by atoms with E-state index in [1.54, 1.807) is 0 Å². The van der Waals surface area contributed by atoms with Gasteiger partial charge >= 0.3 is 0 Å². The van der Waals surface area contributed by atoms with Crippen LogP contribution in [0.15, 0.2) is 68.0 Å². The first-order valence-electron chi connectivity index (χ1n) is 10.2. The summed E-state index contributed by atoms with van der Waals surface area (Å²) < 4.78 is 2.85. The number of halogens is 3. The van der Waals surface area contributed by atoms with Crippen molar-refractivity contribution in [3.63, 3.8) is 0 Å². The molecule has 0 radical (unpaired) electrons. The van der Waals surface area contributed by atoms with Gasteiger partial charge < -0.3 is 17.2 Å². The molecule has 0 aliphatic carbocycles. The summed E-state index contributed by atoms with van der Waals surface area (Å²) in [6.07, 6.45) is 0. The van der Waals surface area contributed by atoms with Crippen LogP contribution in [0.2, 0.25) is 0 Å². The van der Waals surface area contributed by atoms with Crippen LogP contribution in [-0.4, -0.2) is 15.0 Å². The van der Waals surface area contributed by atoms with Crippen molar-refractivity contribution in [1.29, 1.82) is 0 Å². The Bertz CT molecular complexity index is 1150. The van der Waals surface area contributed by atoms with Gasteiger partial charge in [0, 0.05) is 49.7 Å². The molecule has 9 heteroatoms. The normalized spacial score (nSPS) is 11.1. The summed E-state index contributed by atoms with van der Waals surface area (Å²) in [5, 5.41) is 0. The van der Waals surface area contributed by atoms with E-state index in [-0.39, 0.29) is 0 Å². The second-order valence-corrected chi connectivity index (χ2v) is 9.90. The summed E-state index contributed by atoms with van der Waals surface area (Å²) in [4.78, 5) is 14.4.